The average Bonchev–Trinajstić information content (AvgIpc) is 2.18. The molecule has 78 valence electrons. The van der Waals surface area contributed by atoms with Gasteiger partial charge >= 0.3 is 0 Å². The summed E-state index contributed by atoms with van der Waals surface area (Å²) in [4.78, 5) is 14.3. The van der Waals surface area contributed by atoms with Gasteiger partial charge in [0.05, 0.1) is 5.69 Å². The van der Waals surface area contributed by atoms with Crippen LogP contribution in [0.3, 0.4) is 0 Å². The normalized spacial score (nSPS) is 9.53. The zero-order chi connectivity index (χ0) is 11.3. The van der Waals surface area contributed by atoms with Gasteiger partial charge in [-0.1, -0.05) is 23.3 Å². The second kappa shape index (κ2) is 5.02. The zero-order valence-electron chi connectivity index (χ0n) is 8.64. The minimum Gasteiger partial charge on any atom is -0.350 e. The van der Waals surface area contributed by atoms with Gasteiger partial charge in [0.2, 0.25) is 0 Å². The van der Waals surface area contributed by atoms with E-state index in [1.54, 1.807) is 24.3 Å². The molecule has 1 amide bonds. The van der Waals surface area contributed by atoms with Crippen LogP contribution in [0.25, 0.3) is 10.4 Å². The first-order valence-corrected chi connectivity index (χ1v) is 4.60. The van der Waals surface area contributed by atoms with Gasteiger partial charge in [-0.25, -0.2) is 0 Å². The Morgan fingerprint density at radius 3 is 2.73 bits per heavy atom. The van der Waals surface area contributed by atoms with Gasteiger partial charge in [0, 0.05) is 16.5 Å². The molecule has 1 aromatic rings. The van der Waals surface area contributed by atoms with Crippen LogP contribution in [0, 0.1) is 0 Å². The van der Waals surface area contributed by atoms with Crippen molar-refractivity contribution in [3.8, 4) is 0 Å². The Labute approximate surface area is 87.7 Å². The number of nitrogens with one attached hydrogen (secondary N) is 1. The lowest BCUT2D eigenvalue weighted by molar-refractivity contribution is 0.0944. The fourth-order valence-electron chi connectivity index (χ4n) is 1.14. The summed E-state index contributed by atoms with van der Waals surface area (Å²) >= 11 is 0. The lowest BCUT2D eigenvalue weighted by atomic mass is 10.1. The van der Waals surface area contributed by atoms with E-state index >= 15 is 0 Å². The Hall–Kier alpha value is -2.00. The molecule has 0 aliphatic rings. The monoisotopic (exact) mass is 204 g/mol. The molecule has 1 N–H and O–H groups in total. The van der Waals surface area contributed by atoms with E-state index in [0.29, 0.717) is 11.3 Å². The quantitative estimate of drug-likeness (QED) is 0.458. The van der Waals surface area contributed by atoms with Gasteiger partial charge in [-0.05, 0) is 25.4 Å². The van der Waals surface area contributed by atoms with E-state index in [1.165, 1.54) is 0 Å². The fourth-order valence-corrected chi connectivity index (χ4v) is 1.14. The third kappa shape index (κ3) is 3.00. The molecule has 0 spiro atoms. The summed E-state index contributed by atoms with van der Waals surface area (Å²) in [6.07, 6.45) is 0. The summed E-state index contributed by atoms with van der Waals surface area (Å²) in [6, 6.07) is 6.73. The molecular weight excluding hydrogens is 192 g/mol. The largest absolute Gasteiger partial charge is 0.350 e. The molecule has 15 heavy (non-hydrogen) atoms. The zero-order valence-corrected chi connectivity index (χ0v) is 8.64. The molecule has 0 fully saturated rings. The molecule has 0 aliphatic carbocycles. The van der Waals surface area contributed by atoms with Crippen molar-refractivity contribution in [1.82, 2.24) is 5.32 Å². The van der Waals surface area contributed by atoms with Crippen molar-refractivity contribution in [2.45, 2.75) is 19.9 Å². The Kier molecular flexibility index (Phi) is 3.71. The van der Waals surface area contributed by atoms with E-state index in [1.807, 2.05) is 13.8 Å². The molecule has 5 nitrogen and oxygen atoms in total. The van der Waals surface area contributed by atoms with Crippen molar-refractivity contribution < 1.29 is 4.79 Å². The molecule has 0 bridgehead atoms. The van der Waals surface area contributed by atoms with Crippen molar-refractivity contribution in [2.24, 2.45) is 5.11 Å². The van der Waals surface area contributed by atoms with Crippen LogP contribution in [0.1, 0.15) is 24.2 Å². The highest BCUT2D eigenvalue weighted by molar-refractivity contribution is 5.99. The SMILES string of the molecule is CC(C)NC(=O)c1ccccc1N=[N+]=[N-]. The van der Waals surface area contributed by atoms with Crippen LogP contribution in [0.2, 0.25) is 0 Å². The number of carbonyl (C=O) groups excluding carboxylic acids is 1. The standard InChI is InChI=1S/C10H12N4O/c1-7(2)12-10(15)8-5-3-4-6-9(8)13-14-11/h3-7H,1-2H3,(H,12,15). The van der Waals surface area contributed by atoms with Crippen LogP contribution in [0.5, 0.6) is 0 Å². The third-order valence-electron chi connectivity index (χ3n) is 1.72. The first kappa shape index (κ1) is 11.1. The Morgan fingerprint density at radius 2 is 2.13 bits per heavy atom. The van der Waals surface area contributed by atoms with Gasteiger partial charge in [-0.15, -0.1) is 0 Å². The number of hydrogen-bond acceptors (Lipinski definition) is 2. The predicted molar refractivity (Wildman–Crippen MR) is 57.9 cm³/mol. The van der Waals surface area contributed by atoms with E-state index in [4.69, 9.17) is 5.53 Å². The number of hydrogen-bond donors (Lipinski definition) is 1. The van der Waals surface area contributed by atoms with Gasteiger partial charge in [0.15, 0.2) is 0 Å². The lowest BCUT2D eigenvalue weighted by Crippen LogP contribution is -2.30. The topological polar surface area (TPSA) is 77.9 Å². The molecule has 0 unspecified atom stereocenters. The van der Waals surface area contributed by atoms with E-state index in [2.05, 4.69) is 15.3 Å². The van der Waals surface area contributed by atoms with Gasteiger partial charge in [-0.3, -0.25) is 4.79 Å². The fraction of sp³-hybridized carbons (Fsp3) is 0.300. The maximum absolute atomic E-state index is 11.7. The van der Waals surface area contributed by atoms with Crippen LogP contribution >= 0.6 is 0 Å². The van der Waals surface area contributed by atoms with E-state index in [0.717, 1.165) is 0 Å². The van der Waals surface area contributed by atoms with Crippen LogP contribution in [0.15, 0.2) is 29.4 Å². The molecular formula is C10H12N4O. The van der Waals surface area contributed by atoms with E-state index in [-0.39, 0.29) is 11.9 Å². The molecule has 0 aromatic heterocycles. The lowest BCUT2D eigenvalue weighted by Gasteiger charge is -2.09. The van der Waals surface area contributed by atoms with Gasteiger partial charge in [-0.2, -0.15) is 0 Å². The first-order chi connectivity index (χ1) is 7.15. The first-order valence-electron chi connectivity index (χ1n) is 4.60. The minimum absolute atomic E-state index is 0.0524. The number of amides is 1. The highest BCUT2D eigenvalue weighted by Crippen LogP contribution is 2.18. The number of carbonyl (C=O) groups is 1. The van der Waals surface area contributed by atoms with Gasteiger partial charge in [0.25, 0.3) is 5.91 Å². The maximum atomic E-state index is 11.7. The van der Waals surface area contributed by atoms with E-state index in [9.17, 15) is 4.79 Å². The highest BCUT2D eigenvalue weighted by Gasteiger charge is 2.09. The average molecular weight is 204 g/mol. The molecule has 0 saturated heterocycles. The molecule has 1 aromatic carbocycles. The van der Waals surface area contributed by atoms with Crippen LogP contribution in [-0.2, 0) is 0 Å². The smallest absolute Gasteiger partial charge is 0.251 e. The molecule has 1 rings (SSSR count). The predicted octanol–water partition coefficient (Wildman–Crippen LogP) is 2.77. The molecule has 0 heterocycles. The molecule has 0 radical (unpaired) electrons. The number of nitrogens with zero attached hydrogens (tertiary/aromatic N) is 3. The van der Waals surface area contributed by atoms with Crippen LogP contribution in [-0.4, -0.2) is 11.9 Å². The molecule has 0 atom stereocenters. The Balaban J connectivity index is 3.02. The van der Waals surface area contributed by atoms with Crippen molar-refractivity contribution in [3.05, 3.63) is 40.3 Å². The molecule has 0 aliphatic heterocycles. The van der Waals surface area contributed by atoms with Crippen molar-refractivity contribution in [3.63, 3.8) is 0 Å². The molecule has 5 heteroatoms. The second-order valence-corrected chi connectivity index (χ2v) is 3.33. The van der Waals surface area contributed by atoms with Crippen LogP contribution < -0.4 is 5.32 Å². The minimum atomic E-state index is -0.229. The summed E-state index contributed by atoms with van der Waals surface area (Å²) in [6.45, 7) is 3.74. The third-order valence-corrected chi connectivity index (χ3v) is 1.72. The van der Waals surface area contributed by atoms with Gasteiger partial charge < -0.3 is 5.32 Å². The van der Waals surface area contributed by atoms with Crippen LogP contribution in [0.4, 0.5) is 5.69 Å². The molecule has 0 saturated carbocycles. The summed E-state index contributed by atoms with van der Waals surface area (Å²) in [5.41, 5.74) is 9.07. The summed E-state index contributed by atoms with van der Waals surface area (Å²) in [7, 11) is 0. The van der Waals surface area contributed by atoms with E-state index < -0.39 is 0 Å². The van der Waals surface area contributed by atoms with Crippen molar-refractivity contribution >= 4 is 11.6 Å². The Morgan fingerprint density at radius 1 is 1.47 bits per heavy atom. The highest BCUT2D eigenvalue weighted by atomic mass is 16.1. The number of azide groups is 1. The van der Waals surface area contributed by atoms with Gasteiger partial charge in [0.1, 0.15) is 0 Å². The summed E-state index contributed by atoms with van der Waals surface area (Å²) < 4.78 is 0. The number of rotatable bonds is 3. The summed E-state index contributed by atoms with van der Waals surface area (Å²) in [5, 5.41) is 6.19. The Bertz CT molecular complexity index is 408. The summed E-state index contributed by atoms with van der Waals surface area (Å²) in [5.74, 6) is -0.229. The maximum Gasteiger partial charge on any atom is 0.251 e. The van der Waals surface area contributed by atoms with Crippen molar-refractivity contribution in [1.29, 1.82) is 0 Å². The second-order valence-electron chi connectivity index (χ2n) is 3.33. The number of benzene rings is 1. The van der Waals surface area contributed by atoms with Crippen molar-refractivity contribution in [2.75, 3.05) is 0 Å².